The molecule has 0 amide bonds. The van der Waals surface area contributed by atoms with E-state index in [-0.39, 0.29) is 24.3 Å². The lowest BCUT2D eigenvalue weighted by atomic mass is 9.98. The Bertz CT molecular complexity index is 881. The summed E-state index contributed by atoms with van der Waals surface area (Å²) in [7, 11) is 1.41. The Labute approximate surface area is 176 Å². The molecule has 0 radical (unpaired) electrons. The van der Waals surface area contributed by atoms with Gasteiger partial charge in [-0.3, -0.25) is 10.2 Å². The van der Waals surface area contributed by atoms with Crippen LogP contribution in [0.2, 0.25) is 0 Å². The van der Waals surface area contributed by atoms with Gasteiger partial charge in [0.1, 0.15) is 6.10 Å². The molecular weight excluding hydrogens is 384 g/mol. The Morgan fingerprint density at radius 2 is 2.23 bits per heavy atom. The number of benzene rings is 1. The van der Waals surface area contributed by atoms with Crippen molar-refractivity contribution in [1.82, 2.24) is 10.2 Å². The number of unbranched alkanes of at least 4 members (excludes halogenated alkanes) is 1. The van der Waals surface area contributed by atoms with E-state index in [1.165, 1.54) is 7.11 Å². The first kappa shape index (κ1) is 21.9. The third-order valence-corrected chi connectivity index (χ3v) is 4.91. The van der Waals surface area contributed by atoms with Crippen molar-refractivity contribution >= 4 is 28.8 Å². The Balaban J connectivity index is 1.54. The first-order valence-electron chi connectivity index (χ1n) is 10.2. The molecule has 3 atom stereocenters. The molecule has 1 fully saturated rings. The van der Waals surface area contributed by atoms with E-state index in [0.29, 0.717) is 18.8 Å². The van der Waals surface area contributed by atoms with Gasteiger partial charge in [-0.1, -0.05) is 36.4 Å². The third kappa shape index (κ3) is 6.33. The molecule has 2 heterocycles. The van der Waals surface area contributed by atoms with Crippen molar-refractivity contribution in [3.8, 4) is 0 Å². The fourth-order valence-electron chi connectivity index (χ4n) is 3.22. The van der Waals surface area contributed by atoms with E-state index in [9.17, 15) is 4.79 Å². The number of ether oxygens (including phenoxy) is 3. The van der Waals surface area contributed by atoms with Gasteiger partial charge < -0.3 is 14.2 Å². The Morgan fingerprint density at radius 3 is 3.10 bits per heavy atom. The monoisotopic (exact) mass is 412 g/mol. The number of anilines is 1. The summed E-state index contributed by atoms with van der Waals surface area (Å²) in [4.78, 5) is 11.1. The molecule has 0 spiro atoms. The normalized spacial score (nSPS) is 22.0. The largest absolute Gasteiger partial charge is 0.469 e. The number of hydrogen-bond donors (Lipinski definition) is 1. The molecule has 1 aromatic carbocycles. The minimum Gasteiger partial charge on any atom is -0.469 e. The highest BCUT2D eigenvalue weighted by Crippen LogP contribution is 2.22. The molecule has 0 bridgehead atoms. The zero-order chi connectivity index (χ0) is 21.2. The van der Waals surface area contributed by atoms with E-state index in [4.69, 9.17) is 9.47 Å². The molecule has 2 aromatic rings. The van der Waals surface area contributed by atoms with Crippen molar-refractivity contribution in [2.24, 2.45) is 11.0 Å². The molecule has 1 aliphatic heterocycles. The predicted molar refractivity (Wildman–Crippen MR) is 115 cm³/mol. The molecule has 0 saturated carbocycles. The quantitative estimate of drug-likeness (QED) is 0.221. The van der Waals surface area contributed by atoms with E-state index in [0.717, 1.165) is 30.0 Å². The zero-order valence-corrected chi connectivity index (χ0v) is 17.4. The van der Waals surface area contributed by atoms with Crippen LogP contribution in [0.1, 0.15) is 32.6 Å². The highest BCUT2D eigenvalue weighted by Gasteiger charge is 2.28. The van der Waals surface area contributed by atoms with E-state index in [1.807, 2.05) is 31.2 Å². The predicted octanol–water partition coefficient (Wildman–Crippen LogP) is 3.69. The van der Waals surface area contributed by atoms with Crippen LogP contribution >= 0.6 is 0 Å². The number of nitrogens with zero attached hydrogens (tertiary/aromatic N) is 3. The second-order valence-electron chi connectivity index (χ2n) is 7.11. The van der Waals surface area contributed by atoms with Crippen LogP contribution in [0.4, 0.5) is 5.82 Å². The summed E-state index contributed by atoms with van der Waals surface area (Å²) in [5, 5.41) is 14.5. The van der Waals surface area contributed by atoms with E-state index in [1.54, 1.807) is 12.4 Å². The van der Waals surface area contributed by atoms with Gasteiger partial charge in [-0.25, -0.2) is 0 Å². The Morgan fingerprint density at radius 1 is 1.37 bits per heavy atom. The standard InChI is InChI=1S/C22H28N4O4/c1-16-29-15-18(10-5-3-4-6-12-21(27)28-2)20(30-16)14-24-26-22-19-11-8-7-9-17(19)13-23-25-22/h3,5,7-9,11,13-14,16,18,20H,4,6,10,12,15H2,1-2H3,(H,25,26)/t16-,18+,20+/m1/s1. The number of rotatable bonds is 9. The van der Waals surface area contributed by atoms with Crippen molar-refractivity contribution in [2.75, 3.05) is 19.1 Å². The third-order valence-electron chi connectivity index (χ3n) is 4.91. The molecule has 30 heavy (non-hydrogen) atoms. The summed E-state index contributed by atoms with van der Waals surface area (Å²) in [6.07, 6.45) is 10.1. The smallest absolute Gasteiger partial charge is 0.305 e. The van der Waals surface area contributed by atoms with Crippen molar-refractivity contribution in [3.05, 3.63) is 42.6 Å². The van der Waals surface area contributed by atoms with Gasteiger partial charge in [0.15, 0.2) is 12.1 Å². The maximum atomic E-state index is 11.1. The van der Waals surface area contributed by atoms with Crippen molar-refractivity contribution in [2.45, 2.75) is 45.0 Å². The zero-order valence-electron chi connectivity index (χ0n) is 17.4. The van der Waals surface area contributed by atoms with Crippen LogP contribution < -0.4 is 5.43 Å². The van der Waals surface area contributed by atoms with Crippen LogP contribution in [0, 0.1) is 5.92 Å². The fourth-order valence-corrected chi connectivity index (χ4v) is 3.22. The molecule has 8 heteroatoms. The number of methoxy groups -OCH3 is 1. The summed E-state index contributed by atoms with van der Waals surface area (Å²) >= 11 is 0. The van der Waals surface area contributed by atoms with Gasteiger partial charge in [0.25, 0.3) is 0 Å². The first-order valence-corrected chi connectivity index (χ1v) is 10.2. The molecule has 0 aliphatic carbocycles. The molecule has 1 N–H and O–H groups in total. The molecule has 3 rings (SSSR count). The van der Waals surface area contributed by atoms with Gasteiger partial charge in [0.2, 0.25) is 0 Å². The second kappa shape index (κ2) is 11.4. The van der Waals surface area contributed by atoms with Crippen molar-refractivity contribution in [1.29, 1.82) is 0 Å². The average Bonchev–Trinajstić information content (AvgIpc) is 2.77. The van der Waals surface area contributed by atoms with Crippen LogP contribution in [-0.2, 0) is 19.0 Å². The Kier molecular flexibility index (Phi) is 8.29. The van der Waals surface area contributed by atoms with Crippen molar-refractivity contribution < 1.29 is 19.0 Å². The highest BCUT2D eigenvalue weighted by atomic mass is 16.7. The van der Waals surface area contributed by atoms with Crippen molar-refractivity contribution in [3.63, 3.8) is 0 Å². The average molecular weight is 412 g/mol. The summed E-state index contributed by atoms with van der Waals surface area (Å²) in [5.74, 6) is 0.583. The van der Waals surface area contributed by atoms with Gasteiger partial charge in [-0.15, -0.1) is 5.10 Å². The summed E-state index contributed by atoms with van der Waals surface area (Å²) in [6.45, 7) is 2.47. The van der Waals surface area contributed by atoms with Crippen LogP contribution in [0.25, 0.3) is 10.8 Å². The number of aromatic nitrogens is 2. The highest BCUT2D eigenvalue weighted by molar-refractivity contribution is 5.90. The lowest BCUT2D eigenvalue weighted by Crippen LogP contribution is -2.39. The second-order valence-corrected chi connectivity index (χ2v) is 7.11. The van der Waals surface area contributed by atoms with Gasteiger partial charge in [-0.05, 0) is 26.2 Å². The summed E-state index contributed by atoms with van der Waals surface area (Å²) < 4.78 is 16.2. The lowest BCUT2D eigenvalue weighted by Gasteiger charge is -2.32. The van der Waals surface area contributed by atoms with Gasteiger partial charge in [0.05, 0.1) is 26.1 Å². The van der Waals surface area contributed by atoms with Crippen LogP contribution in [-0.4, -0.2) is 48.5 Å². The number of fused-ring (bicyclic) bond motifs is 1. The minimum absolute atomic E-state index is 0.155. The lowest BCUT2D eigenvalue weighted by molar-refractivity contribution is -0.206. The summed E-state index contributed by atoms with van der Waals surface area (Å²) in [6, 6.07) is 7.87. The van der Waals surface area contributed by atoms with Gasteiger partial charge >= 0.3 is 5.97 Å². The van der Waals surface area contributed by atoms with Crippen LogP contribution in [0.3, 0.4) is 0 Å². The number of nitrogens with one attached hydrogen (secondary N) is 1. The van der Waals surface area contributed by atoms with Gasteiger partial charge in [-0.2, -0.15) is 10.2 Å². The number of hydrazone groups is 1. The van der Waals surface area contributed by atoms with E-state index < -0.39 is 0 Å². The summed E-state index contributed by atoms with van der Waals surface area (Å²) in [5.41, 5.74) is 2.98. The number of allylic oxidation sites excluding steroid dienone is 2. The van der Waals surface area contributed by atoms with E-state index >= 15 is 0 Å². The topological polar surface area (TPSA) is 94.9 Å². The molecular formula is C22H28N4O4. The Hall–Kier alpha value is -2.84. The molecule has 1 saturated heterocycles. The molecule has 160 valence electrons. The number of carbonyl (C=O) groups excluding carboxylic acids is 1. The SMILES string of the molecule is COC(=O)CCCC=CC[C@H]1CO[C@@H](C)O[C@H]1C=NNc1nncc2ccccc12. The van der Waals surface area contributed by atoms with Crippen LogP contribution in [0.5, 0.6) is 0 Å². The fraction of sp³-hybridized carbons (Fsp3) is 0.455. The van der Waals surface area contributed by atoms with Gasteiger partial charge in [0, 0.05) is 23.1 Å². The molecule has 1 aliphatic rings. The molecule has 0 unspecified atom stereocenters. The van der Waals surface area contributed by atoms with Crippen LogP contribution in [0.15, 0.2) is 47.7 Å². The number of esters is 1. The maximum absolute atomic E-state index is 11.1. The number of carbonyl (C=O) groups is 1. The van der Waals surface area contributed by atoms with E-state index in [2.05, 4.69) is 37.6 Å². The molecule has 1 aromatic heterocycles. The minimum atomic E-state index is -0.279. The maximum Gasteiger partial charge on any atom is 0.305 e. The number of hydrogen-bond acceptors (Lipinski definition) is 8. The molecule has 8 nitrogen and oxygen atoms in total. The first-order chi connectivity index (χ1) is 14.7.